The number of carbonyl (C=O) groups is 1. The summed E-state index contributed by atoms with van der Waals surface area (Å²) < 4.78 is 28.7. The van der Waals surface area contributed by atoms with Gasteiger partial charge < -0.3 is 9.73 Å². The number of hydrogen-bond donors (Lipinski definition) is 1. The smallest absolute Gasteiger partial charge is 0.277 e. The fourth-order valence-corrected chi connectivity index (χ4v) is 5.60. The number of benzene rings is 1. The van der Waals surface area contributed by atoms with Crippen molar-refractivity contribution in [2.75, 3.05) is 16.8 Å². The third-order valence-electron chi connectivity index (χ3n) is 4.52. The number of nitrogens with zero attached hydrogens (tertiary/aromatic N) is 2. The number of aromatic nitrogens is 2. The van der Waals surface area contributed by atoms with Crippen molar-refractivity contribution < 1.29 is 17.6 Å². The molecule has 0 unspecified atom stereocenters. The first-order valence-electron chi connectivity index (χ1n) is 8.79. The fourth-order valence-electron chi connectivity index (χ4n) is 3.04. The molecule has 1 aromatic heterocycles. The number of anilines is 1. The lowest BCUT2D eigenvalue weighted by molar-refractivity contribution is -0.115. The summed E-state index contributed by atoms with van der Waals surface area (Å²) in [5.74, 6) is 0.698. The molecule has 1 aromatic carbocycles. The van der Waals surface area contributed by atoms with Crippen LogP contribution in [0.15, 0.2) is 27.8 Å². The van der Waals surface area contributed by atoms with Crippen molar-refractivity contribution in [2.24, 2.45) is 5.92 Å². The van der Waals surface area contributed by atoms with Gasteiger partial charge in [0.25, 0.3) is 5.22 Å². The number of aryl methyl sites for hydroxylation is 2. The number of amides is 1. The molecular weight excluding hydrogens is 386 g/mol. The summed E-state index contributed by atoms with van der Waals surface area (Å²) in [6, 6.07) is 5.86. The van der Waals surface area contributed by atoms with Crippen LogP contribution in [0.25, 0.3) is 0 Å². The summed E-state index contributed by atoms with van der Waals surface area (Å²) in [5, 5.41) is 10.8. The maximum Gasteiger partial charge on any atom is 0.277 e. The Hall–Kier alpha value is -1.87. The summed E-state index contributed by atoms with van der Waals surface area (Å²) in [4.78, 5) is 12.4. The van der Waals surface area contributed by atoms with Crippen molar-refractivity contribution in [1.82, 2.24) is 10.2 Å². The van der Waals surface area contributed by atoms with Crippen molar-refractivity contribution in [3.63, 3.8) is 0 Å². The molecule has 0 saturated carbocycles. The maximum atomic E-state index is 12.4. The molecule has 27 heavy (non-hydrogen) atoms. The van der Waals surface area contributed by atoms with E-state index >= 15 is 0 Å². The predicted molar refractivity (Wildman–Crippen MR) is 105 cm³/mol. The highest BCUT2D eigenvalue weighted by molar-refractivity contribution is 8.00. The largest absolute Gasteiger partial charge is 0.416 e. The van der Waals surface area contributed by atoms with E-state index < -0.39 is 15.1 Å². The zero-order chi connectivity index (χ0) is 19.6. The lowest BCUT2D eigenvalue weighted by Gasteiger charge is -2.12. The topological polar surface area (TPSA) is 102 Å². The first-order valence-corrected chi connectivity index (χ1v) is 11.5. The molecular formula is C18H23N3O4S2. The van der Waals surface area contributed by atoms with Gasteiger partial charge in [-0.3, -0.25) is 4.79 Å². The number of carbonyl (C=O) groups excluding carboxylic acids is 1. The van der Waals surface area contributed by atoms with Crippen molar-refractivity contribution in [1.29, 1.82) is 0 Å². The van der Waals surface area contributed by atoms with Crippen LogP contribution in [0.3, 0.4) is 0 Å². The van der Waals surface area contributed by atoms with E-state index in [0.29, 0.717) is 24.0 Å². The highest BCUT2D eigenvalue weighted by Gasteiger charge is 2.29. The second-order valence-corrected chi connectivity index (χ2v) is 10.5. The summed E-state index contributed by atoms with van der Waals surface area (Å²) in [7, 11) is -2.92. The molecule has 1 aliphatic rings. The van der Waals surface area contributed by atoms with E-state index in [0.717, 1.165) is 16.8 Å². The SMILES string of the molecule is Cc1ccc(NC(=O)[C@H](C)Sc2nnc(C[C@H]3CCS(=O)(=O)C3)o2)c(C)c1. The van der Waals surface area contributed by atoms with E-state index in [9.17, 15) is 13.2 Å². The van der Waals surface area contributed by atoms with Crippen LogP contribution in [-0.4, -0.2) is 41.3 Å². The molecule has 1 N–H and O–H groups in total. The van der Waals surface area contributed by atoms with Crippen LogP contribution in [0.5, 0.6) is 0 Å². The molecule has 2 heterocycles. The summed E-state index contributed by atoms with van der Waals surface area (Å²) >= 11 is 1.19. The molecule has 2 aromatic rings. The second-order valence-electron chi connectivity index (χ2n) is 7.00. The molecule has 1 aliphatic heterocycles. The Morgan fingerprint density at radius 2 is 2.15 bits per heavy atom. The third kappa shape index (κ3) is 5.32. The monoisotopic (exact) mass is 409 g/mol. The zero-order valence-electron chi connectivity index (χ0n) is 15.6. The van der Waals surface area contributed by atoms with E-state index in [1.165, 1.54) is 11.8 Å². The molecule has 0 bridgehead atoms. The van der Waals surface area contributed by atoms with Gasteiger partial charge >= 0.3 is 0 Å². The average Bonchev–Trinajstić information content (AvgIpc) is 3.16. The minimum atomic E-state index is -2.92. The Labute approximate surface area is 163 Å². The number of sulfone groups is 1. The average molecular weight is 410 g/mol. The second kappa shape index (κ2) is 8.02. The molecule has 9 heteroatoms. The van der Waals surface area contributed by atoms with E-state index in [1.807, 2.05) is 32.0 Å². The Morgan fingerprint density at radius 3 is 2.81 bits per heavy atom. The number of nitrogens with one attached hydrogen (secondary N) is 1. The molecule has 0 radical (unpaired) electrons. The van der Waals surface area contributed by atoms with E-state index in [-0.39, 0.29) is 23.3 Å². The van der Waals surface area contributed by atoms with E-state index in [4.69, 9.17) is 4.42 Å². The van der Waals surface area contributed by atoms with Crippen molar-refractivity contribution in [2.45, 2.75) is 44.1 Å². The van der Waals surface area contributed by atoms with Crippen LogP contribution >= 0.6 is 11.8 Å². The highest BCUT2D eigenvalue weighted by atomic mass is 32.2. The van der Waals surface area contributed by atoms with Gasteiger partial charge in [-0.25, -0.2) is 8.42 Å². The Kier molecular flexibility index (Phi) is 5.90. The molecule has 2 atom stereocenters. The normalized spacial score (nSPS) is 19.7. The minimum absolute atomic E-state index is 0.0264. The Bertz CT molecular complexity index is 940. The van der Waals surface area contributed by atoms with Gasteiger partial charge in [0.05, 0.1) is 16.8 Å². The van der Waals surface area contributed by atoms with Crippen LogP contribution in [0.1, 0.15) is 30.4 Å². The van der Waals surface area contributed by atoms with Gasteiger partial charge in [0.2, 0.25) is 11.8 Å². The van der Waals surface area contributed by atoms with E-state index in [1.54, 1.807) is 6.92 Å². The predicted octanol–water partition coefficient (Wildman–Crippen LogP) is 2.78. The van der Waals surface area contributed by atoms with Crippen molar-refractivity contribution in [3.8, 4) is 0 Å². The molecule has 1 saturated heterocycles. The Balaban J connectivity index is 1.55. The number of thioether (sulfide) groups is 1. The summed E-state index contributed by atoms with van der Waals surface area (Å²) in [5.41, 5.74) is 2.93. The number of hydrogen-bond acceptors (Lipinski definition) is 7. The highest BCUT2D eigenvalue weighted by Crippen LogP contribution is 2.26. The van der Waals surface area contributed by atoms with Gasteiger partial charge in [0, 0.05) is 12.1 Å². The molecule has 3 rings (SSSR count). The standard InChI is InChI=1S/C18H23N3O4S2/c1-11-4-5-15(12(2)8-11)19-17(22)13(3)26-18-21-20-16(25-18)9-14-6-7-27(23,24)10-14/h4-5,8,13-14H,6-7,9-10H2,1-3H3,(H,19,22)/t13-,14+/m0/s1. The van der Waals surface area contributed by atoms with Gasteiger partial charge in [-0.05, 0) is 44.7 Å². The number of rotatable bonds is 6. The Morgan fingerprint density at radius 1 is 1.37 bits per heavy atom. The van der Waals surface area contributed by atoms with Crippen LogP contribution in [0.2, 0.25) is 0 Å². The van der Waals surface area contributed by atoms with Gasteiger partial charge in [0.15, 0.2) is 9.84 Å². The summed E-state index contributed by atoms with van der Waals surface area (Å²) in [6.07, 6.45) is 1.08. The lowest BCUT2D eigenvalue weighted by Crippen LogP contribution is -2.22. The third-order valence-corrected chi connectivity index (χ3v) is 7.30. The molecule has 7 nitrogen and oxygen atoms in total. The molecule has 0 spiro atoms. The maximum absolute atomic E-state index is 12.4. The van der Waals surface area contributed by atoms with E-state index in [2.05, 4.69) is 15.5 Å². The first kappa shape index (κ1) is 19.9. The first-order chi connectivity index (χ1) is 12.7. The van der Waals surface area contributed by atoms with Gasteiger partial charge in [0.1, 0.15) is 0 Å². The quantitative estimate of drug-likeness (QED) is 0.732. The van der Waals surface area contributed by atoms with Crippen LogP contribution in [0.4, 0.5) is 5.69 Å². The van der Waals surface area contributed by atoms with Gasteiger partial charge in [-0.1, -0.05) is 29.5 Å². The minimum Gasteiger partial charge on any atom is -0.416 e. The lowest BCUT2D eigenvalue weighted by atomic mass is 10.1. The van der Waals surface area contributed by atoms with Crippen molar-refractivity contribution >= 4 is 33.2 Å². The van der Waals surface area contributed by atoms with Crippen LogP contribution < -0.4 is 5.32 Å². The zero-order valence-corrected chi connectivity index (χ0v) is 17.2. The van der Waals surface area contributed by atoms with Gasteiger partial charge in [-0.2, -0.15) is 0 Å². The van der Waals surface area contributed by atoms with Crippen LogP contribution in [-0.2, 0) is 21.1 Å². The summed E-state index contributed by atoms with van der Waals surface area (Å²) in [6.45, 7) is 5.73. The van der Waals surface area contributed by atoms with Gasteiger partial charge in [-0.15, -0.1) is 10.2 Å². The molecule has 1 amide bonds. The van der Waals surface area contributed by atoms with Crippen LogP contribution in [0, 0.1) is 19.8 Å². The molecule has 1 fully saturated rings. The molecule has 146 valence electrons. The molecule has 0 aliphatic carbocycles. The van der Waals surface area contributed by atoms with Crippen molar-refractivity contribution in [3.05, 3.63) is 35.2 Å². The fraction of sp³-hybridized carbons (Fsp3) is 0.500.